The Morgan fingerprint density at radius 3 is 2.63 bits per heavy atom. The molecule has 2 N–H and O–H groups in total. The van der Waals surface area contributed by atoms with Crippen molar-refractivity contribution in [2.45, 2.75) is 6.92 Å². The van der Waals surface area contributed by atoms with E-state index in [0.717, 1.165) is 0 Å². The summed E-state index contributed by atoms with van der Waals surface area (Å²) in [6, 6.07) is 8.65. The summed E-state index contributed by atoms with van der Waals surface area (Å²) in [4.78, 5) is 12.0. The van der Waals surface area contributed by atoms with Crippen LogP contribution in [0.4, 0.5) is 10.1 Å². The molecule has 0 aliphatic carbocycles. The van der Waals surface area contributed by atoms with Gasteiger partial charge in [-0.05, 0) is 58.7 Å². The van der Waals surface area contributed by atoms with Gasteiger partial charge in [-0.1, -0.05) is 6.07 Å². The summed E-state index contributed by atoms with van der Waals surface area (Å²) in [5.74, 6) is -0.703. The molecule has 0 aliphatic rings. The molecule has 98 valence electrons. The molecule has 2 aromatic carbocycles. The highest BCUT2D eigenvalue weighted by Crippen LogP contribution is 2.24. The number of nitrogens with one attached hydrogen (secondary N) is 1. The van der Waals surface area contributed by atoms with E-state index in [1.165, 1.54) is 24.3 Å². The van der Waals surface area contributed by atoms with Crippen molar-refractivity contribution in [3.05, 3.63) is 57.8 Å². The number of halogens is 2. The zero-order valence-electron chi connectivity index (χ0n) is 10.1. The van der Waals surface area contributed by atoms with E-state index < -0.39 is 5.82 Å². The summed E-state index contributed by atoms with van der Waals surface area (Å²) in [5, 5.41) is 12.2. The van der Waals surface area contributed by atoms with Crippen LogP contribution < -0.4 is 5.32 Å². The van der Waals surface area contributed by atoms with Crippen molar-refractivity contribution in [2.24, 2.45) is 0 Å². The van der Waals surface area contributed by atoms with Crippen molar-refractivity contribution >= 4 is 27.5 Å². The van der Waals surface area contributed by atoms with Gasteiger partial charge < -0.3 is 10.4 Å². The first-order valence-corrected chi connectivity index (χ1v) is 6.32. The van der Waals surface area contributed by atoms with Gasteiger partial charge in [0.1, 0.15) is 11.6 Å². The molecule has 3 nitrogen and oxygen atoms in total. The molecule has 0 atom stereocenters. The Bertz CT molecular complexity index is 643. The summed E-state index contributed by atoms with van der Waals surface area (Å²) in [7, 11) is 0. The van der Waals surface area contributed by atoms with Crippen molar-refractivity contribution in [3.63, 3.8) is 0 Å². The van der Waals surface area contributed by atoms with Crippen LogP contribution in [0.1, 0.15) is 15.9 Å². The van der Waals surface area contributed by atoms with Crippen LogP contribution in [0.5, 0.6) is 5.75 Å². The highest BCUT2D eigenvalue weighted by atomic mass is 79.9. The molecule has 0 saturated heterocycles. The van der Waals surface area contributed by atoms with Crippen molar-refractivity contribution in [3.8, 4) is 5.75 Å². The molecular weight excluding hydrogens is 313 g/mol. The number of hydrogen-bond acceptors (Lipinski definition) is 2. The highest BCUT2D eigenvalue weighted by Gasteiger charge is 2.10. The first-order chi connectivity index (χ1) is 8.97. The van der Waals surface area contributed by atoms with E-state index >= 15 is 0 Å². The normalized spacial score (nSPS) is 10.3. The number of aryl methyl sites for hydroxylation is 1. The van der Waals surface area contributed by atoms with Crippen LogP contribution in [0.25, 0.3) is 0 Å². The standard InChI is InChI=1S/C14H11BrFNO2/c1-8-2-3-9(6-13(8)18)14(19)17-12-5-4-10(16)7-11(12)15/h2-7,18H,1H3,(H,17,19). The zero-order chi connectivity index (χ0) is 14.0. The van der Waals surface area contributed by atoms with E-state index in [0.29, 0.717) is 21.3 Å². The van der Waals surface area contributed by atoms with Crippen molar-refractivity contribution in [2.75, 3.05) is 5.32 Å². The van der Waals surface area contributed by atoms with Gasteiger partial charge in [-0.2, -0.15) is 0 Å². The molecule has 0 bridgehead atoms. The predicted octanol–water partition coefficient (Wildman–Crippen LogP) is 3.85. The Labute approximate surface area is 118 Å². The first kappa shape index (κ1) is 13.5. The second kappa shape index (κ2) is 5.40. The van der Waals surface area contributed by atoms with Crippen LogP contribution in [-0.4, -0.2) is 11.0 Å². The Morgan fingerprint density at radius 2 is 2.00 bits per heavy atom. The van der Waals surface area contributed by atoms with E-state index in [9.17, 15) is 14.3 Å². The Hall–Kier alpha value is -1.88. The van der Waals surface area contributed by atoms with E-state index in [2.05, 4.69) is 21.2 Å². The fraction of sp³-hybridized carbons (Fsp3) is 0.0714. The third-order valence-corrected chi connectivity index (χ3v) is 3.31. The van der Waals surface area contributed by atoms with Crippen molar-refractivity contribution < 1.29 is 14.3 Å². The lowest BCUT2D eigenvalue weighted by Crippen LogP contribution is -2.12. The monoisotopic (exact) mass is 323 g/mol. The van der Waals surface area contributed by atoms with Gasteiger partial charge in [0.15, 0.2) is 0 Å². The molecule has 0 aromatic heterocycles. The molecule has 0 fully saturated rings. The summed E-state index contributed by atoms with van der Waals surface area (Å²) in [6.07, 6.45) is 0. The lowest BCUT2D eigenvalue weighted by Gasteiger charge is -2.08. The minimum Gasteiger partial charge on any atom is -0.508 e. The van der Waals surface area contributed by atoms with Crippen molar-refractivity contribution in [1.82, 2.24) is 0 Å². The molecule has 0 heterocycles. The minimum atomic E-state index is -0.391. The predicted molar refractivity (Wildman–Crippen MR) is 74.9 cm³/mol. The molecule has 0 radical (unpaired) electrons. The van der Waals surface area contributed by atoms with E-state index in [-0.39, 0.29) is 11.7 Å². The second-order valence-corrected chi connectivity index (χ2v) is 4.93. The number of hydrogen-bond donors (Lipinski definition) is 2. The van der Waals surface area contributed by atoms with E-state index in [1.54, 1.807) is 19.1 Å². The third kappa shape index (κ3) is 3.12. The lowest BCUT2D eigenvalue weighted by molar-refractivity contribution is 0.102. The molecule has 2 aromatic rings. The maximum Gasteiger partial charge on any atom is 0.255 e. The zero-order valence-corrected chi connectivity index (χ0v) is 11.7. The maximum absolute atomic E-state index is 12.9. The van der Waals surface area contributed by atoms with E-state index in [4.69, 9.17) is 0 Å². The fourth-order valence-electron chi connectivity index (χ4n) is 1.54. The SMILES string of the molecule is Cc1ccc(C(=O)Nc2ccc(F)cc2Br)cc1O. The minimum absolute atomic E-state index is 0.0609. The Kier molecular flexibility index (Phi) is 3.85. The molecule has 0 spiro atoms. The van der Waals surface area contributed by atoms with Gasteiger partial charge in [-0.15, -0.1) is 0 Å². The number of carbonyl (C=O) groups excluding carboxylic acids is 1. The quantitative estimate of drug-likeness (QED) is 0.881. The summed E-state index contributed by atoms with van der Waals surface area (Å²) in [5.41, 5.74) is 1.49. The third-order valence-electron chi connectivity index (χ3n) is 2.65. The van der Waals surface area contributed by atoms with Crippen LogP contribution in [0.3, 0.4) is 0 Å². The number of phenolic OH excluding ortho intramolecular Hbond substituents is 1. The average Bonchev–Trinajstić information content (AvgIpc) is 2.36. The molecule has 1 amide bonds. The number of phenols is 1. The molecular formula is C14H11BrFNO2. The molecule has 2 rings (SSSR count). The van der Waals surface area contributed by atoms with Gasteiger partial charge in [0, 0.05) is 10.0 Å². The number of rotatable bonds is 2. The van der Waals surface area contributed by atoms with Crippen LogP contribution in [0.2, 0.25) is 0 Å². The van der Waals surface area contributed by atoms with Gasteiger partial charge in [0.2, 0.25) is 0 Å². The smallest absolute Gasteiger partial charge is 0.255 e. The topological polar surface area (TPSA) is 49.3 Å². The molecule has 0 saturated carbocycles. The summed E-state index contributed by atoms with van der Waals surface area (Å²) >= 11 is 3.17. The number of carbonyl (C=O) groups is 1. The summed E-state index contributed by atoms with van der Waals surface area (Å²) in [6.45, 7) is 1.74. The average molecular weight is 324 g/mol. The Morgan fingerprint density at radius 1 is 1.26 bits per heavy atom. The maximum atomic E-state index is 12.9. The van der Waals surface area contributed by atoms with Gasteiger partial charge in [-0.3, -0.25) is 4.79 Å². The van der Waals surface area contributed by atoms with Crippen LogP contribution in [0.15, 0.2) is 40.9 Å². The fourth-order valence-corrected chi connectivity index (χ4v) is 1.99. The van der Waals surface area contributed by atoms with Crippen LogP contribution >= 0.6 is 15.9 Å². The number of aromatic hydroxyl groups is 1. The first-order valence-electron chi connectivity index (χ1n) is 5.53. The van der Waals surface area contributed by atoms with Crippen molar-refractivity contribution in [1.29, 1.82) is 0 Å². The molecule has 19 heavy (non-hydrogen) atoms. The van der Waals surface area contributed by atoms with Gasteiger partial charge in [0.05, 0.1) is 5.69 Å². The summed E-state index contributed by atoms with van der Waals surface area (Å²) < 4.78 is 13.4. The van der Waals surface area contributed by atoms with Gasteiger partial charge >= 0.3 is 0 Å². The number of amides is 1. The van der Waals surface area contributed by atoms with E-state index in [1.807, 2.05) is 0 Å². The highest BCUT2D eigenvalue weighted by molar-refractivity contribution is 9.10. The molecule has 0 aliphatic heterocycles. The molecule has 0 unspecified atom stereocenters. The second-order valence-electron chi connectivity index (χ2n) is 4.08. The molecule has 5 heteroatoms. The van der Waals surface area contributed by atoms with Gasteiger partial charge in [0.25, 0.3) is 5.91 Å². The van der Waals surface area contributed by atoms with Gasteiger partial charge in [-0.25, -0.2) is 4.39 Å². The largest absolute Gasteiger partial charge is 0.508 e. The van der Waals surface area contributed by atoms with Crippen LogP contribution in [0, 0.1) is 12.7 Å². The van der Waals surface area contributed by atoms with Crippen LogP contribution in [-0.2, 0) is 0 Å². The Balaban J connectivity index is 2.23. The lowest BCUT2D eigenvalue weighted by atomic mass is 10.1. The number of anilines is 1. The number of benzene rings is 2.